The standard InChI is InChI=1S/C48H85NO5/c1-3-5-7-9-11-13-15-16-17-18-19-20-21-22-23-24-26-28-30-35-39-43-48(53)54-45(40-36-32-29-27-25-14-12-10-8-6-4-2)41-37-33-31-34-38-42-46(50)49-44-47(51)52/h12,14,18-19,27,29,36,40,45H,3-11,13,15-17,20-26,28,30-35,37-39,41-44H2,1-2H3,(H,49,50)(H,51,52)/b14-12-,19-18-,29-27-,40-36-. The Morgan fingerprint density at radius 1 is 0.500 bits per heavy atom. The first-order valence-electron chi connectivity index (χ1n) is 22.8. The van der Waals surface area contributed by atoms with Gasteiger partial charge in [-0.05, 0) is 83.1 Å². The number of esters is 1. The average Bonchev–Trinajstić information content (AvgIpc) is 3.16. The number of aliphatic carboxylic acids is 1. The highest BCUT2D eigenvalue weighted by molar-refractivity contribution is 5.80. The maximum atomic E-state index is 12.7. The van der Waals surface area contributed by atoms with Crippen LogP contribution in [0, 0.1) is 0 Å². The molecule has 0 spiro atoms. The molecule has 1 unspecified atom stereocenters. The van der Waals surface area contributed by atoms with Crippen LogP contribution in [0.2, 0.25) is 0 Å². The molecule has 0 aromatic heterocycles. The Morgan fingerprint density at radius 3 is 1.46 bits per heavy atom. The molecule has 6 heteroatoms. The molecule has 0 saturated carbocycles. The number of ether oxygens (including phenoxy) is 1. The van der Waals surface area contributed by atoms with Gasteiger partial charge in [0.2, 0.25) is 5.91 Å². The predicted octanol–water partition coefficient (Wildman–Crippen LogP) is 14.2. The van der Waals surface area contributed by atoms with Gasteiger partial charge in [-0.2, -0.15) is 0 Å². The number of amides is 1. The van der Waals surface area contributed by atoms with E-state index in [0.717, 1.165) is 70.6 Å². The van der Waals surface area contributed by atoms with Crippen LogP contribution in [0.3, 0.4) is 0 Å². The Labute approximate surface area is 333 Å². The number of nitrogens with one attached hydrogen (secondary N) is 1. The Morgan fingerprint density at radius 2 is 0.907 bits per heavy atom. The smallest absolute Gasteiger partial charge is 0.322 e. The van der Waals surface area contributed by atoms with E-state index >= 15 is 0 Å². The van der Waals surface area contributed by atoms with Gasteiger partial charge in [-0.3, -0.25) is 14.4 Å². The third kappa shape index (κ3) is 42.1. The summed E-state index contributed by atoms with van der Waals surface area (Å²) < 4.78 is 5.92. The lowest BCUT2D eigenvalue weighted by Gasteiger charge is -2.14. The van der Waals surface area contributed by atoms with E-state index in [1.807, 2.05) is 0 Å². The van der Waals surface area contributed by atoms with E-state index in [4.69, 9.17) is 9.84 Å². The van der Waals surface area contributed by atoms with Crippen LogP contribution in [0.4, 0.5) is 0 Å². The van der Waals surface area contributed by atoms with Crippen molar-refractivity contribution in [3.8, 4) is 0 Å². The SMILES string of the molecule is CCCCC/C=C\C/C=C\C/C=C\C(CCCCCCCC(=O)NCC(=O)O)OC(=O)CCCCCCCCCCC/C=C\CCCCCCCCCC. The molecule has 0 aromatic rings. The van der Waals surface area contributed by atoms with E-state index in [9.17, 15) is 14.4 Å². The van der Waals surface area contributed by atoms with Gasteiger partial charge in [-0.1, -0.05) is 178 Å². The van der Waals surface area contributed by atoms with Crippen molar-refractivity contribution in [1.82, 2.24) is 5.32 Å². The summed E-state index contributed by atoms with van der Waals surface area (Å²) in [6, 6.07) is 0. The lowest BCUT2D eigenvalue weighted by atomic mass is 10.0. The van der Waals surface area contributed by atoms with Crippen molar-refractivity contribution in [3.05, 3.63) is 48.6 Å². The molecule has 54 heavy (non-hydrogen) atoms. The number of allylic oxidation sites excluding steroid dienone is 7. The molecule has 0 aliphatic carbocycles. The maximum Gasteiger partial charge on any atom is 0.322 e. The molecule has 0 aliphatic heterocycles. The monoisotopic (exact) mass is 756 g/mol. The van der Waals surface area contributed by atoms with Gasteiger partial charge >= 0.3 is 11.9 Å². The van der Waals surface area contributed by atoms with E-state index in [0.29, 0.717) is 12.8 Å². The number of carbonyl (C=O) groups is 3. The fourth-order valence-electron chi connectivity index (χ4n) is 6.55. The number of unbranched alkanes of at least 4 members (excludes halogenated alkanes) is 24. The summed E-state index contributed by atoms with van der Waals surface area (Å²) in [5.41, 5.74) is 0. The van der Waals surface area contributed by atoms with Crippen LogP contribution in [-0.2, 0) is 19.1 Å². The van der Waals surface area contributed by atoms with Gasteiger partial charge in [-0.15, -0.1) is 0 Å². The van der Waals surface area contributed by atoms with E-state index in [1.165, 1.54) is 128 Å². The van der Waals surface area contributed by atoms with Crippen molar-refractivity contribution in [2.24, 2.45) is 0 Å². The number of carbonyl (C=O) groups excluding carboxylic acids is 2. The second-order valence-electron chi connectivity index (χ2n) is 15.3. The van der Waals surface area contributed by atoms with Crippen LogP contribution < -0.4 is 5.32 Å². The Bertz CT molecular complexity index is 968. The number of rotatable bonds is 41. The fourth-order valence-corrected chi connectivity index (χ4v) is 6.55. The van der Waals surface area contributed by atoms with Crippen molar-refractivity contribution in [2.45, 2.75) is 232 Å². The van der Waals surface area contributed by atoms with Crippen molar-refractivity contribution in [3.63, 3.8) is 0 Å². The molecule has 0 fully saturated rings. The molecule has 312 valence electrons. The third-order valence-corrected chi connectivity index (χ3v) is 9.96. The summed E-state index contributed by atoms with van der Waals surface area (Å²) in [4.78, 5) is 35.0. The Balaban J connectivity index is 4.14. The number of hydrogen-bond acceptors (Lipinski definition) is 4. The van der Waals surface area contributed by atoms with Crippen LogP contribution in [0.25, 0.3) is 0 Å². The molecule has 0 aromatic carbocycles. The zero-order valence-corrected chi connectivity index (χ0v) is 35.3. The lowest BCUT2D eigenvalue weighted by Crippen LogP contribution is -2.28. The lowest BCUT2D eigenvalue weighted by molar-refractivity contribution is -0.147. The minimum Gasteiger partial charge on any atom is -0.480 e. The average molecular weight is 756 g/mol. The van der Waals surface area contributed by atoms with E-state index in [-0.39, 0.29) is 24.5 Å². The van der Waals surface area contributed by atoms with E-state index in [2.05, 4.69) is 67.8 Å². The van der Waals surface area contributed by atoms with Crippen LogP contribution >= 0.6 is 0 Å². The summed E-state index contributed by atoms with van der Waals surface area (Å²) in [5, 5.41) is 11.1. The van der Waals surface area contributed by atoms with E-state index in [1.54, 1.807) is 0 Å². The minimum absolute atomic E-state index is 0.0902. The van der Waals surface area contributed by atoms with Crippen LogP contribution in [0.1, 0.15) is 226 Å². The third-order valence-electron chi connectivity index (χ3n) is 9.96. The minimum atomic E-state index is -1.02. The van der Waals surface area contributed by atoms with E-state index < -0.39 is 5.97 Å². The highest BCUT2D eigenvalue weighted by atomic mass is 16.5. The van der Waals surface area contributed by atoms with Crippen molar-refractivity contribution < 1.29 is 24.2 Å². The molecule has 6 nitrogen and oxygen atoms in total. The zero-order chi connectivity index (χ0) is 39.4. The first-order chi connectivity index (χ1) is 26.5. The highest BCUT2D eigenvalue weighted by Crippen LogP contribution is 2.16. The first kappa shape index (κ1) is 51.4. The van der Waals surface area contributed by atoms with Crippen molar-refractivity contribution >= 4 is 17.8 Å². The number of carboxylic acids is 1. The highest BCUT2D eigenvalue weighted by Gasteiger charge is 2.11. The van der Waals surface area contributed by atoms with Crippen LogP contribution in [0.5, 0.6) is 0 Å². The van der Waals surface area contributed by atoms with Crippen LogP contribution in [-0.4, -0.2) is 35.6 Å². The number of carboxylic acid groups (broad SMARTS) is 1. The molecule has 0 rings (SSSR count). The van der Waals surface area contributed by atoms with Crippen molar-refractivity contribution in [2.75, 3.05) is 6.54 Å². The van der Waals surface area contributed by atoms with Crippen LogP contribution in [0.15, 0.2) is 48.6 Å². The largest absolute Gasteiger partial charge is 0.480 e. The Kier molecular flexibility index (Phi) is 41.0. The van der Waals surface area contributed by atoms with Gasteiger partial charge in [0.1, 0.15) is 12.6 Å². The van der Waals surface area contributed by atoms with Gasteiger partial charge in [0.25, 0.3) is 0 Å². The molecule has 1 atom stereocenters. The van der Waals surface area contributed by atoms with Gasteiger partial charge in [-0.25, -0.2) is 0 Å². The predicted molar refractivity (Wildman–Crippen MR) is 231 cm³/mol. The molecule has 0 saturated heterocycles. The number of hydrogen-bond donors (Lipinski definition) is 2. The summed E-state index contributed by atoms with van der Waals surface area (Å²) in [6.07, 6.45) is 55.5. The zero-order valence-electron chi connectivity index (χ0n) is 35.3. The van der Waals surface area contributed by atoms with Gasteiger partial charge < -0.3 is 15.2 Å². The fraction of sp³-hybridized carbons (Fsp3) is 0.771. The normalized spacial score (nSPS) is 12.5. The van der Waals surface area contributed by atoms with Gasteiger partial charge in [0, 0.05) is 12.8 Å². The summed E-state index contributed by atoms with van der Waals surface area (Å²) in [5.74, 6) is -1.32. The second-order valence-corrected chi connectivity index (χ2v) is 15.3. The maximum absolute atomic E-state index is 12.7. The molecule has 0 aliphatic rings. The molecular formula is C48H85NO5. The molecule has 2 N–H and O–H groups in total. The van der Waals surface area contributed by atoms with Crippen molar-refractivity contribution in [1.29, 1.82) is 0 Å². The quantitative estimate of drug-likeness (QED) is 0.0368. The molecule has 0 radical (unpaired) electrons. The molecule has 0 heterocycles. The summed E-state index contributed by atoms with van der Waals surface area (Å²) in [7, 11) is 0. The Hall–Kier alpha value is -2.63. The first-order valence-corrected chi connectivity index (χ1v) is 22.8. The summed E-state index contributed by atoms with van der Waals surface area (Å²) >= 11 is 0. The molecular weight excluding hydrogens is 671 g/mol. The summed E-state index contributed by atoms with van der Waals surface area (Å²) in [6.45, 7) is 4.19. The molecule has 1 amide bonds. The van der Waals surface area contributed by atoms with Gasteiger partial charge in [0.05, 0.1) is 0 Å². The second kappa shape index (κ2) is 43.1. The van der Waals surface area contributed by atoms with Gasteiger partial charge in [0.15, 0.2) is 0 Å². The molecule has 0 bridgehead atoms. The topological polar surface area (TPSA) is 92.7 Å².